The molecule has 1 atom stereocenters. The van der Waals surface area contributed by atoms with Crippen LogP contribution in [-0.4, -0.2) is 18.5 Å². The van der Waals surface area contributed by atoms with E-state index < -0.39 is 0 Å². The van der Waals surface area contributed by atoms with Crippen LogP contribution in [0.4, 0.5) is 5.69 Å². The summed E-state index contributed by atoms with van der Waals surface area (Å²) in [7, 11) is 0. The summed E-state index contributed by atoms with van der Waals surface area (Å²) in [5, 5.41) is 8.46. The molecule has 2 aromatic rings. The second-order valence-corrected chi connectivity index (χ2v) is 5.76. The fraction of sp³-hybridized carbons (Fsp3) is 0.267. The number of rotatable bonds is 2. The number of hydrogen-bond donors (Lipinski definition) is 2. The second kappa shape index (κ2) is 5.31. The van der Waals surface area contributed by atoms with Gasteiger partial charge in [-0.05, 0) is 54.4 Å². The molecule has 1 aliphatic rings. The van der Waals surface area contributed by atoms with E-state index in [9.17, 15) is 4.79 Å². The first-order valence-electron chi connectivity index (χ1n) is 6.46. The van der Waals surface area contributed by atoms with Crippen molar-refractivity contribution in [2.24, 2.45) is 0 Å². The molecule has 3 rings (SSSR count). The van der Waals surface area contributed by atoms with Gasteiger partial charge >= 0.3 is 0 Å². The van der Waals surface area contributed by atoms with Gasteiger partial charge in [-0.15, -0.1) is 0 Å². The average molecular weight is 319 g/mol. The summed E-state index contributed by atoms with van der Waals surface area (Å²) in [6.45, 7) is 0.934. The number of fused-ring (bicyclic) bond motifs is 1. The number of nitrogens with one attached hydrogen (secondary N) is 2. The van der Waals surface area contributed by atoms with Crippen molar-refractivity contribution in [1.82, 2.24) is 5.32 Å². The molecule has 98 valence electrons. The van der Waals surface area contributed by atoms with Crippen LogP contribution in [0.1, 0.15) is 12.8 Å². The minimum atomic E-state index is -0.0411. The molecule has 2 aromatic carbocycles. The van der Waals surface area contributed by atoms with Crippen molar-refractivity contribution in [3.05, 3.63) is 40.9 Å². The predicted molar refractivity (Wildman–Crippen MR) is 81.3 cm³/mol. The molecule has 0 aliphatic carbocycles. The number of halogens is 1. The topological polar surface area (TPSA) is 41.1 Å². The van der Waals surface area contributed by atoms with Gasteiger partial charge in [0, 0.05) is 10.2 Å². The molecule has 0 spiro atoms. The molecule has 0 bridgehead atoms. The van der Waals surface area contributed by atoms with Gasteiger partial charge in [-0.3, -0.25) is 4.79 Å². The van der Waals surface area contributed by atoms with E-state index in [0.717, 1.165) is 40.3 Å². The summed E-state index contributed by atoms with van der Waals surface area (Å²) in [5.74, 6) is 0.0639. The Morgan fingerprint density at radius 3 is 2.79 bits per heavy atom. The minimum Gasteiger partial charge on any atom is -0.325 e. The van der Waals surface area contributed by atoms with E-state index in [0.29, 0.717) is 0 Å². The van der Waals surface area contributed by atoms with E-state index in [1.165, 1.54) is 0 Å². The highest BCUT2D eigenvalue weighted by Gasteiger charge is 2.21. The lowest BCUT2D eigenvalue weighted by atomic mass is 10.1. The fourth-order valence-electron chi connectivity index (χ4n) is 2.43. The van der Waals surface area contributed by atoms with Crippen LogP contribution in [0, 0.1) is 0 Å². The van der Waals surface area contributed by atoms with E-state index in [1.807, 2.05) is 30.3 Å². The number of amides is 1. The van der Waals surface area contributed by atoms with Gasteiger partial charge in [-0.2, -0.15) is 0 Å². The van der Waals surface area contributed by atoms with Crippen LogP contribution in [-0.2, 0) is 4.79 Å². The van der Waals surface area contributed by atoms with Crippen molar-refractivity contribution in [2.45, 2.75) is 18.9 Å². The SMILES string of the molecule is O=C(Nc1ccc2cc(Br)ccc2c1)C1CCCN1. The second-order valence-electron chi connectivity index (χ2n) is 4.84. The van der Waals surface area contributed by atoms with Gasteiger partial charge in [0.2, 0.25) is 5.91 Å². The smallest absolute Gasteiger partial charge is 0.241 e. The number of anilines is 1. The molecule has 1 unspecified atom stereocenters. The maximum absolute atomic E-state index is 12.0. The van der Waals surface area contributed by atoms with Crippen LogP contribution in [0.3, 0.4) is 0 Å². The van der Waals surface area contributed by atoms with Crippen molar-refractivity contribution < 1.29 is 4.79 Å². The Kier molecular flexibility index (Phi) is 3.53. The number of carbonyl (C=O) groups is 1. The Labute approximate surface area is 120 Å². The Balaban J connectivity index is 1.81. The first-order valence-corrected chi connectivity index (χ1v) is 7.25. The third-order valence-corrected chi connectivity index (χ3v) is 3.94. The summed E-state index contributed by atoms with van der Waals surface area (Å²) in [6.07, 6.45) is 2.00. The molecule has 0 radical (unpaired) electrons. The lowest BCUT2D eigenvalue weighted by Gasteiger charge is -2.11. The molecule has 1 saturated heterocycles. The van der Waals surface area contributed by atoms with E-state index in [4.69, 9.17) is 0 Å². The molecule has 1 fully saturated rings. The van der Waals surface area contributed by atoms with Crippen molar-refractivity contribution in [3.8, 4) is 0 Å². The molecule has 4 heteroatoms. The van der Waals surface area contributed by atoms with Gasteiger partial charge in [0.15, 0.2) is 0 Å². The average Bonchev–Trinajstić information content (AvgIpc) is 2.93. The van der Waals surface area contributed by atoms with Gasteiger partial charge in [0.25, 0.3) is 0 Å². The van der Waals surface area contributed by atoms with Crippen LogP contribution >= 0.6 is 15.9 Å². The zero-order valence-electron chi connectivity index (χ0n) is 10.4. The zero-order valence-corrected chi connectivity index (χ0v) is 12.0. The van der Waals surface area contributed by atoms with Gasteiger partial charge in [0.1, 0.15) is 0 Å². The summed E-state index contributed by atoms with van der Waals surface area (Å²) in [4.78, 5) is 12.0. The first kappa shape index (κ1) is 12.6. The largest absolute Gasteiger partial charge is 0.325 e. The molecule has 0 saturated carbocycles. The summed E-state index contributed by atoms with van der Waals surface area (Å²) in [5.41, 5.74) is 0.855. The van der Waals surface area contributed by atoms with Crippen molar-refractivity contribution in [2.75, 3.05) is 11.9 Å². The molecule has 3 nitrogen and oxygen atoms in total. The monoisotopic (exact) mass is 318 g/mol. The number of hydrogen-bond acceptors (Lipinski definition) is 2. The maximum Gasteiger partial charge on any atom is 0.241 e. The highest BCUT2D eigenvalue weighted by molar-refractivity contribution is 9.10. The molecule has 0 aromatic heterocycles. The molecular formula is C15H15BrN2O. The van der Waals surface area contributed by atoms with Gasteiger partial charge < -0.3 is 10.6 Å². The van der Waals surface area contributed by atoms with Crippen molar-refractivity contribution >= 4 is 38.3 Å². The lowest BCUT2D eigenvalue weighted by molar-refractivity contribution is -0.117. The molecule has 1 aliphatic heterocycles. The van der Waals surface area contributed by atoms with Gasteiger partial charge in [-0.25, -0.2) is 0 Å². The van der Waals surface area contributed by atoms with Crippen LogP contribution in [0.5, 0.6) is 0 Å². The molecule has 1 heterocycles. The van der Waals surface area contributed by atoms with E-state index in [1.54, 1.807) is 0 Å². The summed E-state index contributed by atoms with van der Waals surface area (Å²) in [6, 6.07) is 12.1. The van der Waals surface area contributed by atoms with Crippen LogP contribution in [0.25, 0.3) is 10.8 Å². The quantitative estimate of drug-likeness (QED) is 0.892. The highest BCUT2D eigenvalue weighted by Crippen LogP contribution is 2.23. The minimum absolute atomic E-state index is 0.0411. The van der Waals surface area contributed by atoms with Crippen LogP contribution in [0.2, 0.25) is 0 Å². The summed E-state index contributed by atoms with van der Waals surface area (Å²) < 4.78 is 1.06. The van der Waals surface area contributed by atoms with E-state index in [2.05, 4.69) is 32.6 Å². The Morgan fingerprint density at radius 1 is 1.21 bits per heavy atom. The van der Waals surface area contributed by atoms with E-state index in [-0.39, 0.29) is 11.9 Å². The predicted octanol–water partition coefficient (Wildman–Crippen LogP) is 3.29. The van der Waals surface area contributed by atoms with Crippen LogP contribution in [0.15, 0.2) is 40.9 Å². The van der Waals surface area contributed by atoms with Crippen molar-refractivity contribution in [3.63, 3.8) is 0 Å². The lowest BCUT2D eigenvalue weighted by Crippen LogP contribution is -2.35. The molecule has 1 amide bonds. The Morgan fingerprint density at radius 2 is 2.00 bits per heavy atom. The van der Waals surface area contributed by atoms with Crippen LogP contribution < -0.4 is 10.6 Å². The van der Waals surface area contributed by atoms with Gasteiger partial charge in [-0.1, -0.05) is 28.1 Å². The summed E-state index contributed by atoms with van der Waals surface area (Å²) >= 11 is 3.46. The zero-order chi connectivity index (χ0) is 13.2. The Bertz CT molecular complexity index is 621. The van der Waals surface area contributed by atoms with Gasteiger partial charge in [0.05, 0.1) is 6.04 Å². The Hall–Kier alpha value is -1.39. The molecule has 19 heavy (non-hydrogen) atoms. The number of benzene rings is 2. The fourth-order valence-corrected chi connectivity index (χ4v) is 2.81. The molecular weight excluding hydrogens is 304 g/mol. The molecule has 2 N–H and O–H groups in total. The maximum atomic E-state index is 12.0. The standard InChI is InChI=1S/C15H15BrN2O/c16-12-5-3-11-9-13(6-4-10(11)8-12)18-15(19)14-2-1-7-17-14/h3-6,8-9,14,17H,1-2,7H2,(H,18,19). The third kappa shape index (κ3) is 2.80. The number of carbonyl (C=O) groups excluding carboxylic acids is 1. The highest BCUT2D eigenvalue weighted by atomic mass is 79.9. The third-order valence-electron chi connectivity index (χ3n) is 3.45. The van der Waals surface area contributed by atoms with Crippen molar-refractivity contribution in [1.29, 1.82) is 0 Å². The normalized spacial score (nSPS) is 18.7. The van der Waals surface area contributed by atoms with E-state index >= 15 is 0 Å². The first-order chi connectivity index (χ1) is 9.22.